The Labute approximate surface area is 105 Å². The van der Waals surface area contributed by atoms with Crippen molar-refractivity contribution >= 4 is 23.2 Å². The molecule has 0 N–H and O–H groups in total. The van der Waals surface area contributed by atoms with Crippen LogP contribution < -0.4 is 4.90 Å². The van der Waals surface area contributed by atoms with Gasteiger partial charge in [-0.05, 0) is 12.1 Å². The van der Waals surface area contributed by atoms with Gasteiger partial charge in [0.15, 0.2) is 6.61 Å². The fraction of sp³-hybridized carbons (Fsp3) is 0.417. The maximum absolute atomic E-state index is 11.2. The Bertz CT molecular complexity index is 403. The van der Waals surface area contributed by atoms with Gasteiger partial charge in [0.2, 0.25) is 0 Å². The Morgan fingerprint density at radius 2 is 1.82 bits per heavy atom. The van der Waals surface area contributed by atoms with Crippen molar-refractivity contribution in [2.45, 2.75) is 0 Å². The Hall–Kier alpha value is -1.26. The zero-order valence-electron chi connectivity index (χ0n) is 9.43. The molecule has 0 atom stereocenters. The summed E-state index contributed by atoms with van der Waals surface area (Å²) in [4.78, 5) is 15.0. The summed E-state index contributed by atoms with van der Waals surface area (Å²) in [7, 11) is 0. The van der Waals surface area contributed by atoms with Crippen molar-refractivity contribution in [3.05, 3.63) is 29.3 Å². The number of benzene rings is 1. The van der Waals surface area contributed by atoms with Crippen molar-refractivity contribution < 1.29 is 9.90 Å². The van der Waals surface area contributed by atoms with Gasteiger partial charge in [0.25, 0.3) is 5.91 Å². The Morgan fingerprint density at radius 3 is 2.41 bits per heavy atom. The van der Waals surface area contributed by atoms with E-state index in [2.05, 4.69) is 4.90 Å². The van der Waals surface area contributed by atoms with Crippen molar-refractivity contribution in [2.75, 3.05) is 37.7 Å². The molecule has 1 saturated heterocycles. The molecule has 0 saturated carbocycles. The highest BCUT2D eigenvalue weighted by molar-refractivity contribution is 6.33. The predicted octanol–water partition coefficient (Wildman–Crippen LogP) is 1.42. The van der Waals surface area contributed by atoms with Crippen LogP contribution >= 0.6 is 11.6 Å². The third-order valence-electron chi connectivity index (χ3n) is 2.95. The molecule has 17 heavy (non-hydrogen) atoms. The molecule has 1 aromatic rings. The van der Waals surface area contributed by atoms with Crippen LogP contribution in [0.5, 0.6) is 0 Å². The molecule has 0 aliphatic carbocycles. The first-order chi connectivity index (χ1) is 8.22. The maximum atomic E-state index is 11.2. The van der Waals surface area contributed by atoms with Crippen molar-refractivity contribution in [3.8, 4) is 0 Å². The van der Waals surface area contributed by atoms with E-state index in [4.69, 9.17) is 11.6 Å². The molecule has 1 aromatic carbocycles. The number of rotatable bonds is 2. The first kappa shape index (κ1) is 12.2. The van der Waals surface area contributed by atoms with Crippen molar-refractivity contribution in [3.63, 3.8) is 0 Å². The smallest absolute Gasteiger partial charge is 0.252 e. The lowest BCUT2D eigenvalue weighted by Crippen LogP contribution is -2.49. The topological polar surface area (TPSA) is 43.5 Å². The first-order valence-corrected chi connectivity index (χ1v) is 5.95. The lowest BCUT2D eigenvalue weighted by atomic mass is 10.2. The van der Waals surface area contributed by atoms with Gasteiger partial charge >= 0.3 is 0 Å². The van der Waals surface area contributed by atoms with Crippen LogP contribution in [-0.2, 0) is 9.90 Å². The van der Waals surface area contributed by atoms with E-state index in [1.165, 1.54) is 0 Å². The lowest BCUT2D eigenvalue weighted by Gasteiger charge is -2.36. The van der Waals surface area contributed by atoms with Crippen LogP contribution in [0.1, 0.15) is 0 Å². The van der Waals surface area contributed by atoms with Crippen LogP contribution in [-0.4, -0.2) is 43.6 Å². The van der Waals surface area contributed by atoms with E-state index in [9.17, 15) is 9.90 Å². The maximum Gasteiger partial charge on any atom is 0.252 e. The second kappa shape index (κ2) is 5.38. The third kappa shape index (κ3) is 2.70. The molecule has 4 nitrogen and oxygen atoms in total. The highest BCUT2D eigenvalue weighted by atomic mass is 35.5. The number of amides is 1. The number of hydrogen-bond acceptors (Lipinski definition) is 2. The molecule has 0 bridgehead atoms. The molecule has 1 fully saturated rings. The zero-order chi connectivity index (χ0) is 12.3. The number of hydrogen-bond donors (Lipinski definition) is 0. The summed E-state index contributed by atoms with van der Waals surface area (Å²) in [6, 6.07) is 7.65. The van der Waals surface area contributed by atoms with Gasteiger partial charge in [-0.15, -0.1) is 0 Å². The van der Waals surface area contributed by atoms with Crippen molar-refractivity contribution in [2.24, 2.45) is 0 Å². The highest BCUT2D eigenvalue weighted by Crippen LogP contribution is 2.25. The van der Waals surface area contributed by atoms with Gasteiger partial charge in [-0.3, -0.25) is 4.79 Å². The quantitative estimate of drug-likeness (QED) is 0.800. The molecule has 1 heterocycles. The van der Waals surface area contributed by atoms with Gasteiger partial charge in [0.1, 0.15) is 0 Å². The number of nitrogens with zero attached hydrogens (tertiary/aromatic N) is 2. The number of para-hydroxylation sites is 1. The van der Waals surface area contributed by atoms with E-state index in [0.29, 0.717) is 13.1 Å². The molecule has 91 valence electrons. The first-order valence-electron chi connectivity index (χ1n) is 5.57. The summed E-state index contributed by atoms with van der Waals surface area (Å²) in [5.74, 6) is -0.316. The van der Waals surface area contributed by atoms with Gasteiger partial charge in [-0.25, -0.2) is 5.11 Å². The molecule has 2 rings (SSSR count). The van der Waals surface area contributed by atoms with Crippen LogP contribution in [0.3, 0.4) is 0 Å². The fourth-order valence-electron chi connectivity index (χ4n) is 2.00. The van der Waals surface area contributed by atoms with E-state index in [1.54, 1.807) is 4.90 Å². The van der Waals surface area contributed by atoms with Gasteiger partial charge < -0.3 is 9.80 Å². The van der Waals surface area contributed by atoms with Gasteiger partial charge in [-0.2, -0.15) is 0 Å². The van der Waals surface area contributed by atoms with Gasteiger partial charge in [0.05, 0.1) is 10.7 Å². The summed E-state index contributed by atoms with van der Waals surface area (Å²) >= 11 is 6.11. The number of halogens is 1. The van der Waals surface area contributed by atoms with Gasteiger partial charge in [-0.1, -0.05) is 23.7 Å². The SMILES string of the molecule is [O]CC(=O)N1CCN(c2ccccc2Cl)CC1. The minimum Gasteiger partial charge on any atom is -0.367 e. The van der Waals surface area contributed by atoms with Gasteiger partial charge in [0, 0.05) is 26.2 Å². The Morgan fingerprint density at radius 1 is 1.18 bits per heavy atom. The second-order valence-corrected chi connectivity index (χ2v) is 4.37. The molecule has 0 unspecified atom stereocenters. The molecule has 1 amide bonds. The largest absolute Gasteiger partial charge is 0.367 e. The van der Waals surface area contributed by atoms with Crippen LogP contribution in [0.25, 0.3) is 0 Å². The minimum atomic E-state index is -0.661. The number of piperazine rings is 1. The molecule has 0 spiro atoms. The molecular formula is C12H14ClN2O2. The average molecular weight is 254 g/mol. The van der Waals surface area contributed by atoms with Crippen LogP contribution in [0.4, 0.5) is 5.69 Å². The summed E-state index contributed by atoms with van der Waals surface area (Å²) in [5, 5.41) is 11.2. The van der Waals surface area contributed by atoms with E-state index in [0.717, 1.165) is 23.8 Å². The number of anilines is 1. The molecular weight excluding hydrogens is 240 g/mol. The van der Waals surface area contributed by atoms with E-state index in [1.807, 2.05) is 24.3 Å². The molecule has 1 radical (unpaired) electrons. The van der Waals surface area contributed by atoms with Crippen molar-refractivity contribution in [1.29, 1.82) is 0 Å². The fourth-order valence-corrected chi connectivity index (χ4v) is 2.25. The van der Waals surface area contributed by atoms with E-state index < -0.39 is 6.61 Å². The summed E-state index contributed by atoms with van der Waals surface area (Å²) < 4.78 is 0. The third-order valence-corrected chi connectivity index (χ3v) is 3.27. The van der Waals surface area contributed by atoms with Crippen LogP contribution in [0, 0.1) is 0 Å². The molecule has 5 heteroatoms. The summed E-state index contributed by atoms with van der Waals surface area (Å²) in [5.41, 5.74) is 0.989. The van der Waals surface area contributed by atoms with Crippen LogP contribution in [0.2, 0.25) is 5.02 Å². The Balaban J connectivity index is 2.00. The predicted molar refractivity (Wildman–Crippen MR) is 65.8 cm³/mol. The number of carbonyl (C=O) groups is 1. The number of carbonyl (C=O) groups excluding carboxylic acids is 1. The van der Waals surface area contributed by atoms with E-state index in [-0.39, 0.29) is 5.91 Å². The lowest BCUT2D eigenvalue weighted by molar-refractivity contribution is -0.136. The normalized spacial score (nSPS) is 16.1. The van der Waals surface area contributed by atoms with Crippen LogP contribution in [0.15, 0.2) is 24.3 Å². The summed E-state index contributed by atoms with van der Waals surface area (Å²) in [6.45, 7) is 1.95. The summed E-state index contributed by atoms with van der Waals surface area (Å²) in [6.07, 6.45) is 0. The average Bonchev–Trinajstić information content (AvgIpc) is 2.39. The highest BCUT2D eigenvalue weighted by Gasteiger charge is 2.21. The monoisotopic (exact) mass is 253 g/mol. The zero-order valence-corrected chi connectivity index (χ0v) is 10.2. The minimum absolute atomic E-state index is 0.316. The Kier molecular flexibility index (Phi) is 3.86. The molecule has 1 aliphatic rings. The molecule has 0 aromatic heterocycles. The van der Waals surface area contributed by atoms with Crippen molar-refractivity contribution in [1.82, 2.24) is 4.90 Å². The molecule has 1 aliphatic heterocycles. The second-order valence-electron chi connectivity index (χ2n) is 3.96. The van der Waals surface area contributed by atoms with E-state index >= 15 is 0 Å². The standard InChI is InChI=1S/C12H14ClN2O2/c13-10-3-1-2-4-11(10)14-5-7-15(8-6-14)12(17)9-16/h1-4H,5-9H2.